The molecule has 2 heteroatoms. The molecule has 1 rings (SSSR count). The Kier molecular flexibility index (Phi) is 3.06. The zero-order chi connectivity index (χ0) is 9.90. The molecule has 0 bridgehead atoms. The fraction of sp³-hybridized carbons (Fsp3) is 0.273. The van der Waals surface area contributed by atoms with Crippen molar-refractivity contribution < 1.29 is 0 Å². The molecule has 1 aromatic rings. The van der Waals surface area contributed by atoms with Crippen molar-refractivity contribution in [3.63, 3.8) is 0 Å². The van der Waals surface area contributed by atoms with Gasteiger partial charge in [0.25, 0.3) is 0 Å². The molecule has 0 unspecified atom stereocenters. The van der Waals surface area contributed by atoms with Crippen LogP contribution in [0.25, 0.3) is 0 Å². The molecule has 1 nitrogen and oxygen atoms in total. The Morgan fingerprint density at radius 1 is 1.31 bits per heavy atom. The highest BCUT2D eigenvalue weighted by Crippen LogP contribution is 2.11. The Morgan fingerprint density at radius 2 is 1.85 bits per heavy atom. The van der Waals surface area contributed by atoms with Gasteiger partial charge in [0.15, 0.2) is 0 Å². The van der Waals surface area contributed by atoms with Crippen molar-refractivity contribution >= 4 is 13.3 Å². The van der Waals surface area contributed by atoms with Crippen molar-refractivity contribution in [1.29, 1.82) is 0 Å². The van der Waals surface area contributed by atoms with Crippen molar-refractivity contribution in [1.82, 2.24) is 0 Å². The van der Waals surface area contributed by atoms with Gasteiger partial charge in [-0.3, -0.25) is 0 Å². The van der Waals surface area contributed by atoms with Crippen LogP contribution >= 0.6 is 0 Å². The minimum atomic E-state index is -1.50. The van der Waals surface area contributed by atoms with Gasteiger partial charge in [-0.25, -0.2) is 0 Å². The lowest BCUT2D eigenvalue weighted by Gasteiger charge is -2.24. The Bertz CT molecular complexity index is 290. The van der Waals surface area contributed by atoms with Crippen molar-refractivity contribution in [2.24, 2.45) is 5.73 Å². The summed E-state index contributed by atoms with van der Waals surface area (Å²) in [6, 6.07) is 10.5. The SMILES string of the molecule is C=C(CN)[Si](C)(C)c1ccccc1. The third-order valence-corrected chi connectivity index (χ3v) is 6.37. The second-order valence-electron chi connectivity index (χ2n) is 3.80. The zero-order valence-electron chi connectivity index (χ0n) is 8.38. The molecule has 0 radical (unpaired) electrons. The van der Waals surface area contributed by atoms with E-state index in [1.807, 2.05) is 6.07 Å². The van der Waals surface area contributed by atoms with Crippen molar-refractivity contribution in [3.05, 3.63) is 42.1 Å². The van der Waals surface area contributed by atoms with Gasteiger partial charge in [0.1, 0.15) is 8.07 Å². The van der Waals surface area contributed by atoms with Crippen LogP contribution in [0.4, 0.5) is 0 Å². The van der Waals surface area contributed by atoms with E-state index in [0.29, 0.717) is 6.54 Å². The smallest absolute Gasteiger partial charge is 0.108 e. The van der Waals surface area contributed by atoms with E-state index < -0.39 is 8.07 Å². The summed E-state index contributed by atoms with van der Waals surface area (Å²) in [5.41, 5.74) is 5.63. The highest BCUT2D eigenvalue weighted by Gasteiger charge is 2.25. The molecule has 0 amide bonds. The number of benzene rings is 1. The van der Waals surface area contributed by atoms with E-state index in [2.05, 4.69) is 43.9 Å². The van der Waals surface area contributed by atoms with Crippen LogP contribution in [0, 0.1) is 0 Å². The topological polar surface area (TPSA) is 26.0 Å². The number of rotatable bonds is 3. The van der Waals surface area contributed by atoms with E-state index in [-0.39, 0.29) is 0 Å². The summed E-state index contributed by atoms with van der Waals surface area (Å²) < 4.78 is 0. The lowest BCUT2D eigenvalue weighted by atomic mass is 10.4. The molecule has 0 atom stereocenters. The number of hydrogen-bond donors (Lipinski definition) is 1. The molecule has 0 saturated carbocycles. The monoisotopic (exact) mass is 191 g/mol. The maximum Gasteiger partial charge on any atom is 0.108 e. The Morgan fingerprint density at radius 3 is 2.31 bits per heavy atom. The summed E-state index contributed by atoms with van der Waals surface area (Å²) in [5, 5.41) is 2.61. The first kappa shape index (κ1) is 10.2. The summed E-state index contributed by atoms with van der Waals surface area (Å²) in [6.45, 7) is 9.24. The van der Waals surface area contributed by atoms with Gasteiger partial charge in [0.2, 0.25) is 0 Å². The minimum Gasteiger partial charge on any atom is -0.327 e. The Labute approximate surface area is 81.3 Å². The van der Waals surface area contributed by atoms with Gasteiger partial charge in [-0.1, -0.05) is 53.8 Å². The van der Waals surface area contributed by atoms with Gasteiger partial charge in [0.05, 0.1) is 0 Å². The van der Waals surface area contributed by atoms with Gasteiger partial charge in [0, 0.05) is 6.54 Å². The average molecular weight is 191 g/mol. The van der Waals surface area contributed by atoms with Gasteiger partial charge in [-0.2, -0.15) is 0 Å². The van der Waals surface area contributed by atoms with E-state index >= 15 is 0 Å². The molecule has 70 valence electrons. The average Bonchev–Trinajstić information content (AvgIpc) is 2.18. The van der Waals surface area contributed by atoms with Crippen LogP contribution in [-0.2, 0) is 0 Å². The molecule has 0 aliphatic carbocycles. The van der Waals surface area contributed by atoms with Crippen molar-refractivity contribution in [2.45, 2.75) is 13.1 Å². The van der Waals surface area contributed by atoms with Crippen LogP contribution in [0.1, 0.15) is 0 Å². The van der Waals surface area contributed by atoms with Crippen LogP contribution in [0.5, 0.6) is 0 Å². The summed E-state index contributed by atoms with van der Waals surface area (Å²) in [6.07, 6.45) is 0. The maximum absolute atomic E-state index is 5.63. The van der Waals surface area contributed by atoms with Gasteiger partial charge >= 0.3 is 0 Å². The molecule has 0 aromatic heterocycles. The molecule has 0 aliphatic rings. The molecule has 2 N–H and O–H groups in total. The second kappa shape index (κ2) is 3.90. The first-order chi connectivity index (χ1) is 6.09. The van der Waals surface area contributed by atoms with Gasteiger partial charge in [-0.15, -0.1) is 6.58 Å². The predicted molar refractivity (Wildman–Crippen MR) is 61.8 cm³/mol. The lowest BCUT2D eigenvalue weighted by Crippen LogP contribution is -2.45. The maximum atomic E-state index is 5.63. The van der Waals surface area contributed by atoms with Crippen LogP contribution in [0.3, 0.4) is 0 Å². The highest BCUT2D eigenvalue weighted by molar-refractivity contribution is 6.95. The zero-order valence-corrected chi connectivity index (χ0v) is 9.38. The first-order valence-electron chi connectivity index (χ1n) is 4.53. The summed E-state index contributed by atoms with van der Waals surface area (Å²) >= 11 is 0. The van der Waals surface area contributed by atoms with Crippen molar-refractivity contribution in [3.8, 4) is 0 Å². The predicted octanol–water partition coefficient (Wildman–Crippen LogP) is 1.66. The van der Waals surface area contributed by atoms with E-state index in [1.54, 1.807) is 0 Å². The van der Waals surface area contributed by atoms with E-state index in [4.69, 9.17) is 5.73 Å². The van der Waals surface area contributed by atoms with Gasteiger partial charge < -0.3 is 5.73 Å². The molecule has 1 aromatic carbocycles. The normalized spacial score (nSPS) is 11.3. The fourth-order valence-electron chi connectivity index (χ4n) is 1.31. The summed E-state index contributed by atoms with van der Waals surface area (Å²) in [5.74, 6) is 0. The van der Waals surface area contributed by atoms with Crippen LogP contribution < -0.4 is 10.9 Å². The molecular weight excluding hydrogens is 174 g/mol. The molecule has 0 fully saturated rings. The second-order valence-corrected chi connectivity index (χ2v) is 8.33. The lowest BCUT2D eigenvalue weighted by molar-refractivity contribution is 1.21. The summed E-state index contributed by atoms with van der Waals surface area (Å²) in [4.78, 5) is 0. The third kappa shape index (κ3) is 2.08. The first-order valence-corrected chi connectivity index (χ1v) is 7.53. The number of hydrogen-bond acceptors (Lipinski definition) is 1. The van der Waals surface area contributed by atoms with Crippen LogP contribution in [0.15, 0.2) is 42.1 Å². The Hall–Kier alpha value is -0.863. The molecular formula is C11H17NSi. The standard InChI is InChI=1S/C11H17NSi/c1-10(9-12)13(2,3)11-7-5-4-6-8-11/h4-8H,1,9,12H2,2-3H3. The molecule has 0 heterocycles. The molecule has 0 spiro atoms. The van der Waals surface area contributed by atoms with E-state index in [0.717, 1.165) is 0 Å². The molecule has 13 heavy (non-hydrogen) atoms. The largest absolute Gasteiger partial charge is 0.327 e. The molecule has 0 aliphatic heterocycles. The van der Waals surface area contributed by atoms with E-state index in [1.165, 1.54) is 10.4 Å². The quantitative estimate of drug-likeness (QED) is 0.722. The summed E-state index contributed by atoms with van der Waals surface area (Å²) in [7, 11) is -1.50. The van der Waals surface area contributed by atoms with Gasteiger partial charge in [-0.05, 0) is 0 Å². The highest BCUT2D eigenvalue weighted by atomic mass is 28.3. The number of nitrogens with two attached hydrogens (primary N) is 1. The molecule has 0 saturated heterocycles. The van der Waals surface area contributed by atoms with Crippen LogP contribution in [-0.4, -0.2) is 14.6 Å². The fourth-order valence-corrected chi connectivity index (χ4v) is 3.26. The third-order valence-electron chi connectivity index (χ3n) is 2.63. The Balaban J connectivity index is 3.00. The van der Waals surface area contributed by atoms with E-state index in [9.17, 15) is 0 Å². The minimum absolute atomic E-state index is 0.605. The van der Waals surface area contributed by atoms with Crippen molar-refractivity contribution in [2.75, 3.05) is 6.54 Å². The van der Waals surface area contributed by atoms with Crippen LogP contribution in [0.2, 0.25) is 13.1 Å².